The first-order valence-corrected chi connectivity index (χ1v) is 10.4. The van der Waals surface area contributed by atoms with E-state index >= 15 is 0 Å². The Morgan fingerprint density at radius 2 is 2.00 bits per heavy atom. The number of phenolic OH excluding ortho intramolecular Hbond substituents is 1. The van der Waals surface area contributed by atoms with Crippen LogP contribution in [0.4, 0.5) is 0 Å². The lowest BCUT2D eigenvalue weighted by atomic mass is 9.96. The number of carbonyl (C=O) groups excluding carboxylic acids is 1. The zero-order valence-corrected chi connectivity index (χ0v) is 17.8. The molecule has 1 fully saturated rings. The van der Waals surface area contributed by atoms with Gasteiger partial charge in [-0.25, -0.2) is 4.79 Å². The van der Waals surface area contributed by atoms with E-state index in [1.54, 1.807) is 0 Å². The minimum Gasteiger partial charge on any atom is -0.507 e. The third-order valence-electron chi connectivity index (χ3n) is 5.61. The molecule has 0 bridgehead atoms. The predicted molar refractivity (Wildman–Crippen MR) is 112 cm³/mol. The first-order valence-electron chi connectivity index (χ1n) is 10.4. The summed E-state index contributed by atoms with van der Waals surface area (Å²) in [5, 5.41) is 11.8. The van der Waals surface area contributed by atoms with Crippen molar-refractivity contribution in [1.29, 1.82) is 0 Å². The lowest BCUT2D eigenvalue weighted by molar-refractivity contribution is -0.147. The average Bonchev–Trinajstić information content (AvgIpc) is 2.64. The van der Waals surface area contributed by atoms with Crippen LogP contribution < -0.4 is 5.63 Å². The summed E-state index contributed by atoms with van der Waals surface area (Å²) in [6.45, 7) is 10.2. The van der Waals surface area contributed by atoms with Gasteiger partial charge in [-0.2, -0.15) is 0 Å². The second kappa shape index (κ2) is 8.99. The molecule has 0 atom stereocenters. The summed E-state index contributed by atoms with van der Waals surface area (Å²) in [4.78, 5) is 26.2. The summed E-state index contributed by atoms with van der Waals surface area (Å²) in [5.41, 5.74) is 2.13. The molecule has 158 valence electrons. The van der Waals surface area contributed by atoms with E-state index in [2.05, 4.69) is 11.8 Å². The van der Waals surface area contributed by atoms with E-state index in [1.165, 1.54) is 6.07 Å². The number of nitrogens with zero attached hydrogens (tertiary/aromatic N) is 1. The van der Waals surface area contributed by atoms with Gasteiger partial charge in [-0.15, -0.1) is 0 Å². The van der Waals surface area contributed by atoms with Crippen molar-refractivity contribution < 1.29 is 19.1 Å². The first-order chi connectivity index (χ1) is 13.7. The molecule has 3 rings (SSSR count). The lowest BCUT2D eigenvalue weighted by Gasteiger charge is -2.30. The largest absolute Gasteiger partial charge is 0.507 e. The number of likely N-dealkylation sites (tertiary alicyclic amines) is 1. The highest BCUT2D eigenvalue weighted by atomic mass is 16.5. The van der Waals surface area contributed by atoms with Crippen molar-refractivity contribution in [3.05, 3.63) is 39.2 Å². The van der Waals surface area contributed by atoms with Gasteiger partial charge in [0.25, 0.3) is 0 Å². The number of hydrogen-bond donors (Lipinski definition) is 1. The third kappa shape index (κ3) is 5.18. The Morgan fingerprint density at radius 3 is 2.66 bits per heavy atom. The molecule has 1 aliphatic heterocycles. The first kappa shape index (κ1) is 21.4. The fourth-order valence-corrected chi connectivity index (χ4v) is 3.91. The van der Waals surface area contributed by atoms with E-state index in [4.69, 9.17) is 9.15 Å². The van der Waals surface area contributed by atoms with E-state index in [0.717, 1.165) is 36.9 Å². The Hall–Kier alpha value is -2.34. The van der Waals surface area contributed by atoms with Crippen molar-refractivity contribution >= 4 is 16.9 Å². The third-order valence-corrected chi connectivity index (χ3v) is 5.61. The smallest absolute Gasteiger partial charge is 0.336 e. The number of ether oxygens (including phenoxy) is 1. The van der Waals surface area contributed by atoms with Crippen molar-refractivity contribution in [2.24, 2.45) is 5.92 Å². The van der Waals surface area contributed by atoms with E-state index in [1.807, 2.05) is 26.8 Å². The molecule has 2 aromatic rings. The molecular formula is C23H31NO5. The van der Waals surface area contributed by atoms with E-state index < -0.39 is 5.63 Å². The molecular weight excluding hydrogens is 370 g/mol. The second-order valence-electron chi connectivity index (χ2n) is 8.49. The number of piperidine rings is 1. The lowest BCUT2D eigenvalue weighted by Crippen LogP contribution is -2.32. The minimum absolute atomic E-state index is 0.113. The molecule has 29 heavy (non-hydrogen) atoms. The number of rotatable bonds is 6. The molecule has 0 aliphatic carbocycles. The number of fused-ring (bicyclic) bond motifs is 1. The Kier molecular flexibility index (Phi) is 6.63. The number of aryl methyl sites for hydroxylation is 2. The van der Waals surface area contributed by atoms with Crippen LogP contribution in [0.1, 0.15) is 56.7 Å². The molecule has 6 nitrogen and oxygen atoms in total. The van der Waals surface area contributed by atoms with Gasteiger partial charge in [0.15, 0.2) is 0 Å². The predicted octanol–water partition coefficient (Wildman–Crippen LogP) is 3.92. The monoisotopic (exact) mass is 401 g/mol. The zero-order valence-electron chi connectivity index (χ0n) is 17.8. The van der Waals surface area contributed by atoms with Crippen LogP contribution in [0.15, 0.2) is 21.3 Å². The van der Waals surface area contributed by atoms with Crippen LogP contribution in [0, 0.1) is 12.8 Å². The maximum atomic E-state index is 12.0. The van der Waals surface area contributed by atoms with Gasteiger partial charge in [0.1, 0.15) is 11.3 Å². The van der Waals surface area contributed by atoms with Crippen molar-refractivity contribution in [2.75, 3.05) is 13.1 Å². The van der Waals surface area contributed by atoms with Crippen LogP contribution in [0.2, 0.25) is 0 Å². The number of benzene rings is 1. The molecule has 1 aromatic carbocycles. The molecule has 0 saturated carbocycles. The van der Waals surface area contributed by atoms with Gasteiger partial charge in [-0.05, 0) is 76.2 Å². The highest BCUT2D eigenvalue weighted by Crippen LogP contribution is 2.34. The fraction of sp³-hybridized carbons (Fsp3) is 0.565. The van der Waals surface area contributed by atoms with Crippen LogP contribution in [-0.4, -0.2) is 35.2 Å². The van der Waals surface area contributed by atoms with Gasteiger partial charge in [-0.1, -0.05) is 6.92 Å². The highest BCUT2D eigenvalue weighted by Gasteiger charge is 2.22. The molecule has 0 amide bonds. The molecule has 1 aromatic heterocycles. The Bertz CT molecular complexity index is 938. The summed E-state index contributed by atoms with van der Waals surface area (Å²) < 4.78 is 10.7. The number of carbonyl (C=O) groups is 1. The molecule has 1 saturated heterocycles. The molecule has 6 heteroatoms. The van der Waals surface area contributed by atoms with Crippen molar-refractivity contribution in [3.63, 3.8) is 0 Å². The van der Waals surface area contributed by atoms with Crippen LogP contribution in [-0.2, 0) is 22.5 Å². The molecule has 1 aliphatic rings. The topological polar surface area (TPSA) is 80.0 Å². The van der Waals surface area contributed by atoms with Gasteiger partial charge in [0.05, 0.1) is 11.7 Å². The molecule has 0 radical (unpaired) electrons. The Morgan fingerprint density at radius 1 is 1.31 bits per heavy atom. The van der Waals surface area contributed by atoms with Crippen LogP contribution in [0.3, 0.4) is 0 Å². The van der Waals surface area contributed by atoms with Crippen molar-refractivity contribution in [1.82, 2.24) is 4.90 Å². The van der Waals surface area contributed by atoms with Gasteiger partial charge in [-0.3, -0.25) is 9.69 Å². The zero-order chi connectivity index (χ0) is 21.1. The normalized spacial score (nSPS) is 15.9. The summed E-state index contributed by atoms with van der Waals surface area (Å²) in [7, 11) is 0. The fourth-order valence-electron chi connectivity index (χ4n) is 3.91. The maximum absolute atomic E-state index is 12.0. The van der Waals surface area contributed by atoms with Gasteiger partial charge >= 0.3 is 11.6 Å². The molecule has 0 spiro atoms. The van der Waals surface area contributed by atoms with Crippen molar-refractivity contribution in [2.45, 2.75) is 66.0 Å². The number of aromatic hydroxyl groups is 1. The van der Waals surface area contributed by atoms with Gasteiger partial charge < -0.3 is 14.3 Å². The highest BCUT2D eigenvalue weighted by molar-refractivity contribution is 5.86. The number of phenols is 1. The standard InChI is InChI=1S/C23H31NO5/c1-14(2)28-20(25)6-5-17-12-18-16(4)11-21(26)29-23(18)19(22(17)27)13-24-9-7-15(3)8-10-24/h11-12,14-15,27H,5-10,13H2,1-4H3. The SMILES string of the molecule is Cc1cc(=O)oc2c(CN3CCC(C)CC3)c(O)c(CCC(=O)OC(C)C)cc12. The number of esters is 1. The quantitative estimate of drug-likeness (QED) is 0.584. The summed E-state index contributed by atoms with van der Waals surface area (Å²) in [6, 6.07) is 3.29. The summed E-state index contributed by atoms with van der Waals surface area (Å²) in [5.74, 6) is 0.527. The Labute approximate surface area is 171 Å². The molecule has 0 unspecified atom stereocenters. The molecule has 1 N–H and O–H groups in total. The van der Waals surface area contributed by atoms with Gasteiger partial charge in [0.2, 0.25) is 0 Å². The van der Waals surface area contributed by atoms with E-state index in [9.17, 15) is 14.7 Å². The maximum Gasteiger partial charge on any atom is 0.336 e. The van der Waals surface area contributed by atoms with Crippen LogP contribution >= 0.6 is 0 Å². The second-order valence-corrected chi connectivity index (χ2v) is 8.49. The molecule has 2 heterocycles. The van der Waals surface area contributed by atoms with E-state index in [-0.39, 0.29) is 24.2 Å². The van der Waals surface area contributed by atoms with E-state index in [0.29, 0.717) is 35.6 Å². The minimum atomic E-state index is -0.420. The summed E-state index contributed by atoms with van der Waals surface area (Å²) >= 11 is 0. The van der Waals surface area contributed by atoms with Crippen LogP contribution in [0.25, 0.3) is 11.0 Å². The Balaban J connectivity index is 1.96. The number of hydrogen-bond acceptors (Lipinski definition) is 6. The summed E-state index contributed by atoms with van der Waals surface area (Å²) in [6.07, 6.45) is 2.62. The average molecular weight is 402 g/mol. The van der Waals surface area contributed by atoms with Crippen molar-refractivity contribution in [3.8, 4) is 5.75 Å². The van der Waals surface area contributed by atoms with Gasteiger partial charge in [0, 0.05) is 24.4 Å². The van der Waals surface area contributed by atoms with Crippen LogP contribution in [0.5, 0.6) is 5.75 Å².